The predicted molar refractivity (Wildman–Crippen MR) is 70.2 cm³/mol. The van der Waals surface area contributed by atoms with E-state index in [1.165, 1.54) is 7.11 Å². The van der Waals surface area contributed by atoms with Gasteiger partial charge in [-0.2, -0.15) is 0 Å². The van der Waals surface area contributed by atoms with Crippen molar-refractivity contribution < 1.29 is 9.53 Å². The third-order valence-electron chi connectivity index (χ3n) is 2.90. The highest BCUT2D eigenvalue weighted by molar-refractivity contribution is 5.90. The zero-order valence-electron chi connectivity index (χ0n) is 10.3. The summed E-state index contributed by atoms with van der Waals surface area (Å²) in [7, 11) is 1.32. The number of hydrogen-bond acceptors (Lipinski definition) is 4. The first-order chi connectivity index (χ1) is 9.29. The summed E-state index contributed by atoms with van der Waals surface area (Å²) < 4.78 is 6.20. The molecule has 0 aliphatic rings. The predicted octanol–water partition coefficient (Wildman–Crippen LogP) is 2.21. The molecule has 0 aliphatic carbocycles. The Morgan fingerprint density at radius 2 is 1.95 bits per heavy atom. The van der Waals surface area contributed by atoms with Crippen molar-refractivity contribution in [1.82, 2.24) is 15.0 Å². The number of ether oxygens (including phenoxy) is 1. The molecule has 0 aliphatic heterocycles. The van der Waals surface area contributed by atoms with Crippen LogP contribution in [-0.4, -0.2) is 28.1 Å². The first-order valence-corrected chi connectivity index (χ1v) is 5.78. The van der Waals surface area contributed by atoms with Gasteiger partial charge in [-0.15, -0.1) is 5.10 Å². The van der Waals surface area contributed by atoms with E-state index in [9.17, 15) is 4.79 Å². The maximum Gasteiger partial charge on any atom is 0.360 e. The normalized spacial score (nSPS) is 10.6. The summed E-state index contributed by atoms with van der Waals surface area (Å²) in [5, 5.41) is 9.93. The maximum absolute atomic E-state index is 11.4. The van der Waals surface area contributed by atoms with Crippen molar-refractivity contribution in [2.24, 2.45) is 0 Å². The smallest absolute Gasteiger partial charge is 0.360 e. The molecule has 0 bridgehead atoms. The van der Waals surface area contributed by atoms with E-state index in [2.05, 4.69) is 15.0 Å². The van der Waals surface area contributed by atoms with E-state index in [0.29, 0.717) is 0 Å². The van der Waals surface area contributed by atoms with Gasteiger partial charge in [-0.25, -0.2) is 9.48 Å². The van der Waals surface area contributed by atoms with Crippen LogP contribution in [0.2, 0.25) is 0 Å². The van der Waals surface area contributed by atoms with Crippen molar-refractivity contribution in [2.75, 3.05) is 7.11 Å². The first-order valence-electron chi connectivity index (χ1n) is 5.78. The number of benzene rings is 2. The Bertz CT molecular complexity index is 744. The lowest BCUT2D eigenvalue weighted by Gasteiger charge is -2.04. The molecule has 0 radical (unpaired) electrons. The number of esters is 1. The van der Waals surface area contributed by atoms with E-state index in [1.807, 2.05) is 42.5 Å². The van der Waals surface area contributed by atoms with E-state index >= 15 is 0 Å². The van der Waals surface area contributed by atoms with Gasteiger partial charge in [-0.3, -0.25) is 0 Å². The molecule has 0 unspecified atom stereocenters. The third kappa shape index (κ3) is 1.95. The molecule has 1 heterocycles. The van der Waals surface area contributed by atoms with E-state index in [1.54, 1.807) is 10.9 Å². The summed E-state index contributed by atoms with van der Waals surface area (Å²) in [5.74, 6) is -0.494. The highest BCUT2D eigenvalue weighted by atomic mass is 16.5. The van der Waals surface area contributed by atoms with Crippen LogP contribution >= 0.6 is 0 Å². The molecule has 2 aromatic carbocycles. The highest BCUT2D eigenvalue weighted by Gasteiger charge is 2.12. The Kier molecular flexibility index (Phi) is 2.72. The Morgan fingerprint density at radius 3 is 2.79 bits per heavy atom. The van der Waals surface area contributed by atoms with Crippen LogP contribution in [0, 0.1) is 0 Å². The quantitative estimate of drug-likeness (QED) is 0.657. The summed E-state index contributed by atoms with van der Waals surface area (Å²) in [4.78, 5) is 11.4. The van der Waals surface area contributed by atoms with E-state index in [-0.39, 0.29) is 5.69 Å². The van der Waals surface area contributed by atoms with Gasteiger partial charge >= 0.3 is 5.97 Å². The van der Waals surface area contributed by atoms with E-state index in [4.69, 9.17) is 0 Å². The number of carbonyl (C=O) groups excluding carboxylic acids is 1. The van der Waals surface area contributed by atoms with Crippen molar-refractivity contribution in [3.8, 4) is 5.69 Å². The average Bonchev–Trinajstić information content (AvgIpc) is 2.95. The Hall–Kier alpha value is -2.69. The summed E-state index contributed by atoms with van der Waals surface area (Å²) in [6.07, 6.45) is 1.56. The lowest BCUT2D eigenvalue weighted by molar-refractivity contribution is 0.0594. The minimum absolute atomic E-state index is 0.190. The van der Waals surface area contributed by atoms with Crippen LogP contribution in [0.15, 0.2) is 48.7 Å². The summed E-state index contributed by atoms with van der Waals surface area (Å²) >= 11 is 0. The first kappa shape index (κ1) is 11.4. The van der Waals surface area contributed by atoms with Crippen LogP contribution in [0.4, 0.5) is 0 Å². The standard InChI is InChI=1S/C14H11N3O2/c1-19-14(18)12-9-17(16-15-12)13-8-4-6-10-5-2-3-7-11(10)13/h2-9H,1H3. The zero-order chi connectivity index (χ0) is 13.2. The van der Waals surface area contributed by atoms with Gasteiger partial charge < -0.3 is 4.74 Å². The third-order valence-corrected chi connectivity index (χ3v) is 2.90. The number of aromatic nitrogens is 3. The maximum atomic E-state index is 11.4. The van der Waals surface area contributed by atoms with Crippen molar-refractivity contribution in [3.63, 3.8) is 0 Å². The van der Waals surface area contributed by atoms with Gasteiger partial charge in [0, 0.05) is 5.39 Å². The molecule has 3 rings (SSSR count). The van der Waals surface area contributed by atoms with Crippen molar-refractivity contribution >= 4 is 16.7 Å². The highest BCUT2D eigenvalue weighted by Crippen LogP contribution is 2.21. The number of carbonyl (C=O) groups is 1. The number of hydrogen-bond donors (Lipinski definition) is 0. The fourth-order valence-electron chi connectivity index (χ4n) is 1.99. The molecule has 0 fully saturated rings. The Balaban J connectivity index is 2.14. The van der Waals surface area contributed by atoms with Crippen LogP contribution in [-0.2, 0) is 4.74 Å². The van der Waals surface area contributed by atoms with Gasteiger partial charge in [0.25, 0.3) is 0 Å². The van der Waals surface area contributed by atoms with Crippen molar-refractivity contribution in [3.05, 3.63) is 54.4 Å². The van der Waals surface area contributed by atoms with Crippen molar-refractivity contribution in [2.45, 2.75) is 0 Å². The van der Waals surface area contributed by atoms with Gasteiger partial charge in [-0.1, -0.05) is 41.6 Å². The number of rotatable bonds is 2. The lowest BCUT2D eigenvalue weighted by Crippen LogP contribution is -2.01. The SMILES string of the molecule is COC(=O)c1cn(-c2cccc3ccccc23)nn1. The van der Waals surface area contributed by atoms with E-state index < -0.39 is 5.97 Å². The molecule has 0 spiro atoms. The molecule has 0 atom stereocenters. The topological polar surface area (TPSA) is 57.0 Å². The Labute approximate surface area is 109 Å². The lowest BCUT2D eigenvalue weighted by atomic mass is 10.1. The summed E-state index contributed by atoms with van der Waals surface area (Å²) in [5.41, 5.74) is 1.07. The second-order valence-corrected chi connectivity index (χ2v) is 4.04. The fourth-order valence-corrected chi connectivity index (χ4v) is 1.99. The number of fused-ring (bicyclic) bond motifs is 1. The molecule has 0 saturated carbocycles. The van der Waals surface area contributed by atoms with Gasteiger partial charge in [-0.05, 0) is 11.5 Å². The van der Waals surface area contributed by atoms with E-state index in [0.717, 1.165) is 16.5 Å². The molecular formula is C14H11N3O2. The van der Waals surface area contributed by atoms with Gasteiger partial charge in [0.2, 0.25) is 0 Å². The average molecular weight is 253 g/mol. The molecule has 5 heteroatoms. The van der Waals surface area contributed by atoms with Crippen LogP contribution in [0.3, 0.4) is 0 Å². The van der Waals surface area contributed by atoms with Crippen LogP contribution in [0.25, 0.3) is 16.5 Å². The molecule has 3 aromatic rings. The summed E-state index contributed by atoms with van der Waals surface area (Å²) in [6.45, 7) is 0. The molecule has 0 saturated heterocycles. The number of nitrogens with zero attached hydrogens (tertiary/aromatic N) is 3. The van der Waals surface area contributed by atoms with Gasteiger partial charge in [0.15, 0.2) is 5.69 Å². The van der Waals surface area contributed by atoms with Crippen LogP contribution < -0.4 is 0 Å². The summed E-state index contributed by atoms with van der Waals surface area (Å²) in [6, 6.07) is 13.9. The van der Waals surface area contributed by atoms with Crippen LogP contribution in [0.1, 0.15) is 10.5 Å². The number of methoxy groups -OCH3 is 1. The minimum Gasteiger partial charge on any atom is -0.464 e. The van der Waals surface area contributed by atoms with Gasteiger partial charge in [0.1, 0.15) is 0 Å². The molecule has 1 aromatic heterocycles. The Morgan fingerprint density at radius 1 is 1.16 bits per heavy atom. The van der Waals surface area contributed by atoms with Crippen LogP contribution in [0.5, 0.6) is 0 Å². The van der Waals surface area contributed by atoms with Crippen molar-refractivity contribution in [1.29, 1.82) is 0 Å². The molecular weight excluding hydrogens is 242 g/mol. The molecule has 0 N–H and O–H groups in total. The molecule has 0 amide bonds. The van der Waals surface area contributed by atoms with Gasteiger partial charge in [0.05, 0.1) is 19.0 Å². The molecule has 19 heavy (non-hydrogen) atoms. The monoisotopic (exact) mass is 253 g/mol. The zero-order valence-corrected chi connectivity index (χ0v) is 10.3. The second-order valence-electron chi connectivity index (χ2n) is 4.04. The molecule has 94 valence electrons. The minimum atomic E-state index is -0.494. The largest absolute Gasteiger partial charge is 0.464 e. The fraction of sp³-hybridized carbons (Fsp3) is 0.0714. The molecule has 5 nitrogen and oxygen atoms in total. The second kappa shape index (κ2) is 4.53.